The Hall–Kier alpha value is -2.89. The Bertz CT molecular complexity index is 927. The number of hydrogen-bond donors (Lipinski definition) is 0. The van der Waals surface area contributed by atoms with Crippen molar-refractivity contribution < 1.29 is 0 Å². The van der Waals surface area contributed by atoms with Gasteiger partial charge in [-0.3, -0.25) is 0 Å². The van der Waals surface area contributed by atoms with Crippen molar-refractivity contribution in [3.05, 3.63) is 55.0 Å². The average molecular weight is 278 g/mol. The molecular weight excluding hydrogens is 264 g/mol. The van der Waals surface area contributed by atoms with E-state index in [0.717, 1.165) is 28.2 Å². The Morgan fingerprint density at radius 3 is 2.67 bits per heavy atom. The van der Waals surface area contributed by atoms with E-state index in [9.17, 15) is 0 Å². The largest absolute Gasteiger partial charge is 0.357 e. The minimum absolute atomic E-state index is 0.803. The van der Waals surface area contributed by atoms with Gasteiger partial charge >= 0.3 is 0 Å². The monoisotopic (exact) mass is 278 g/mol. The van der Waals surface area contributed by atoms with Gasteiger partial charge in [-0.05, 0) is 19.1 Å². The van der Waals surface area contributed by atoms with E-state index in [1.54, 1.807) is 10.7 Å². The van der Waals surface area contributed by atoms with Gasteiger partial charge in [0.25, 0.3) is 0 Å². The van der Waals surface area contributed by atoms with E-state index in [2.05, 4.69) is 27.4 Å². The predicted octanol–water partition coefficient (Wildman–Crippen LogP) is 2.23. The third-order valence-electron chi connectivity index (χ3n) is 3.48. The lowest BCUT2D eigenvalue weighted by Gasteiger charge is -1.99. The van der Waals surface area contributed by atoms with Crippen LogP contribution in [-0.4, -0.2) is 28.9 Å². The number of fused-ring (bicyclic) bond motifs is 1. The van der Waals surface area contributed by atoms with Gasteiger partial charge in [-0.25, -0.2) is 14.2 Å². The lowest BCUT2D eigenvalue weighted by atomic mass is 10.2. The van der Waals surface area contributed by atoms with E-state index >= 15 is 0 Å². The minimum Gasteiger partial charge on any atom is -0.357 e. The van der Waals surface area contributed by atoms with E-state index in [1.807, 2.05) is 54.1 Å². The minimum atomic E-state index is 0.803. The summed E-state index contributed by atoms with van der Waals surface area (Å²) in [5.41, 5.74) is 4.85. The molecule has 6 heteroatoms. The number of rotatable bonds is 2. The molecule has 4 aromatic heterocycles. The fourth-order valence-electron chi connectivity index (χ4n) is 2.39. The van der Waals surface area contributed by atoms with Crippen molar-refractivity contribution in [1.29, 1.82) is 0 Å². The zero-order valence-corrected chi connectivity index (χ0v) is 11.8. The molecule has 104 valence electrons. The number of hydrogen-bond acceptors (Lipinski definition) is 3. The molecule has 4 heterocycles. The molecule has 4 aromatic rings. The number of aryl methyl sites for hydroxylation is 2. The fraction of sp³-hybridized carbons (Fsp3) is 0.133. The molecule has 0 N–H and O–H groups in total. The molecule has 0 spiro atoms. The Labute approximate surface area is 121 Å². The van der Waals surface area contributed by atoms with Crippen LogP contribution in [0.4, 0.5) is 0 Å². The van der Waals surface area contributed by atoms with Crippen molar-refractivity contribution in [2.45, 2.75) is 6.92 Å². The second kappa shape index (κ2) is 4.31. The Kier molecular flexibility index (Phi) is 2.44. The van der Waals surface area contributed by atoms with E-state index in [0.29, 0.717) is 0 Å². The molecule has 0 saturated carbocycles. The highest BCUT2D eigenvalue weighted by atomic mass is 15.3. The van der Waals surface area contributed by atoms with Gasteiger partial charge in [0, 0.05) is 48.7 Å². The van der Waals surface area contributed by atoms with Crippen LogP contribution < -0.4 is 0 Å². The lowest BCUT2D eigenvalue weighted by Crippen LogP contribution is -1.96. The van der Waals surface area contributed by atoms with Gasteiger partial charge in [-0.2, -0.15) is 10.2 Å². The zero-order chi connectivity index (χ0) is 14.4. The van der Waals surface area contributed by atoms with E-state index in [4.69, 9.17) is 0 Å². The molecule has 0 aliphatic heterocycles. The average Bonchev–Trinajstić information content (AvgIpc) is 3.16. The maximum absolute atomic E-state index is 4.53. The molecule has 0 aliphatic rings. The summed E-state index contributed by atoms with van der Waals surface area (Å²) >= 11 is 0. The molecule has 0 aromatic carbocycles. The summed E-state index contributed by atoms with van der Waals surface area (Å²) < 4.78 is 5.59. The number of aromatic nitrogens is 6. The van der Waals surface area contributed by atoms with Crippen molar-refractivity contribution in [3.63, 3.8) is 0 Å². The first-order valence-corrected chi connectivity index (χ1v) is 6.69. The topological polar surface area (TPSA) is 52.9 Å². The molecule has 0 bridgehead atoms. The maximum Gasteiger partial charge on any atom is 0.181 e. The van der Waals surface area contributed by atoms with Gasteiger partial charge in [0.2, 0.25) is 0 Å². The highest BCUT2D eigenvalue weighted by Crippen LogP contribution is 2.21. The second-order valence-electron chi connectivity index (χ2n) is 5.11. The van der Waals surface area contributed by atoms with E-state index in [1.165, 1.54) is 0 Å². The Morgan fingerprint density at radius 2 is 1.86 bits per heavy atom. The van der Waals surface area contributed by atoms with Crippen LogP contribution in [0.15, 0.2) is 49.3 Å². The predicted molar refractivity (Wildman–Crippen MR) is 79.3 cm³/mol. The summed E-state index contributed by atoms with van der Waals surface area (Å²) in [5.74, 6) is 0. The van der Waals surface area contributed by atoms with Crippen molar-refractivity contribution >= 4 is 5.65 Å². The van der Waals surface area contributed by atoms with Crippen molar-refractivity contribution in [1.82, 2.24) is 28.9 Å². The molecule has 21 heavy (non-hydrogen) atoms. The van der Waals surface area contributed by atoms with Crippen LogP contribution in [0.1, 0.15) is 5.69 Å². The highest BCUT2D eigenvalue weighted by molar-refractivity contribution is 5.64. The van der Waals surface area contributed by atoms with Crippen LogP contribution >= 0.6 is 0 Å². The van der Waals surface area contributed by atoms with Gasteiger partial charge in [0.1, 0.15) is 5.69 Å². The zero-order valence-electron chi connectivity index (χ0n) is 11.8. The third-order valence-corrected chi connectivity index (χ3v) is 3.48. The van der Waals surface area contributed by atoms with Crippen LogP contribution in [0, 0.1) is 6.92 Å². The lowest BCUT2D eigenvalue weighted by molar-refractivity contribution is 0.883. The van der Waals surface area contributed by atoms with Gasteiger partial charge in [-0.1, -0.05) is 0 Å². The highest BCUT2D eigenvalue weighted by Gasteiger charge is 2.10. The summed E-state index contributed by atoms with van der Waals surface area (Å²) in [7, 11) is 2.01. The smallest absolute Gasteiger partial charge is 0.181 e. The first kappa shape index (κ1) is 11.9. The molecule has 0 unspecified atom stereocenters. The Morgan fingerprint density at radius 1 is 0.952 bits per heavy atom. The van der Waals surface area contributed by atoms with Gasteiger partial charge in [0.05, 0.1) is 12.4 Å². The SMILES string of the molecule is Cc1ccn2ncc(-n3cc(-c4ccn(C)c4)cn3)c2n1. The van der Waals surface area contributed by atoms with Gasteiger partial charge < -0.3 is 4.57 Å². The van der Waals surface area contributed by atoms with Crippen molar-refractivity contribution in [2.75, 3.05) is 0 Å². The van der Waals surface area contributed by atoms with E-state index in [-0.39, 0.29) is 0 Å². The molecule has 0 amide bonds. The molecule has 4 rings (SSSR count). The fourth-order valence-corrected chi connectivity index (χ4v) is 2.39. The summed E-state index contributed by atoms with van der Waals surface area (Å²) in [4.78, 5) is 4.53. The van der Waals surface area contributed by atoms with Crippen molar-refractivity contribution in [2.24, 2.45) is 7.05 Å². The molecule has 0 fully saturated rings. The van der Waals surface area contributed by atoms with E-state index < -0.39 is 0 Å². The van der Waals surface area contributed by atoms with Crippen LogP contribution in [0.5, 0.6) is 0 Å². The summed E-state index contributed by atoms with van der Waals surface area (Å²) in [5, 5.41) is 8.75. The standard InChI is InChI=1S/C15H14N6/c1-11-3-6-20-15(18-11)14(8-17-20)21-10-13(7-16-21)12-4-5-19(2)9-12/h3-10H,1-2H3. The molecule has 0 aliphatic carbocycles. The van der Waals surface area contributed by atoms with Crippen LogP contribution in [0.2, 0.25) is 0 Å². The van der Waals surface area contributed by atoms with Crippen LogP contribution in [0.25, 0.3) is 22.5 Å². The number of nitrogens with zero attached hydrogens (tertiary/aromatic N) is 6. The molecule has 0 radical (unpaired) electrons. The first-order chi connectivity index (χ1) is 10.2. The molecule has 0 atom stereocenters. The van der Waals surface area contributed by atoms with Crippen LogP contribution in [0.3, 0.4) is 0 Å². The van der Waals surface area contributed by atoms with Gasteiger partial charge in [-0.15, -0.1) is 0 Å². The molecule has 6 nitrogen and oxygen atoms in total. The first-order valence-electron chi connectivity index (χ1n) is 6.69. The van der Waals surface area contributed by atoms with Crippen LogP contribution in [-0.2, 0) is 7.05 Å². The molecular formula is C15H14N6. The third kappa shape index (κ3) is 1.92. The quantitative estimate of drug-likeness (QED) is 0.565. The Balaban J connectivity index is 1.82. The summed E-state index contributed by atoms with van der Waals surface area (Å²) in [6.45, 7) is 1.97. The normalized spacial score (nSPS) is 11.3. The van der Waals surface area contributed by atoms with Crippen molar-refractivity contribution in [3.8, 4) is 16.8 Å². The maximum atomic E-state index is 4.53. The summed E-state index contributed by atoms with van der Waals surface area (Å²) in [6.07, 6.45) is 11.6. The van der Waals surface area contributed by atoms with Gasteiger partial charge in [0.15, 0.2) is 5.65 Å². The summed E-state index contributed by atoms with van der Waals surface area (Å²) in [6, 6.07) is 4.00. The molecule has 0 saturated heterocycles. The second-order valence-corrected chi connectivity index (χ2v) is 5.11.